The third-order valence-electron chi connectivity index (χ3n) is 8.71. The number of ether oxygens (including phenoxy) is 2. The molecule has 10 heteroatoms. The average molecular weight is 806 g/mol. The summed E-state index contributed by atoms with van der Waals surface area (Å²) < 4.78 is 33.8. The third-order valence-corrected chi connectivity index (χ3v) is 9.67. The molecule has 1 unspecified atom stereocenters. The van der Waals surface area contributed by atoms with E-state index in [0.29, 0.717) is 23.9 Å². The molecule has 0 aliphatic heterocycles. The molecule has 0 aromatic rings. The second kappa shape index (κ2) is 38.0. The van der Waals surface area contributed by atoms with Gasteiger partial charge in [-0.05, 0) is 70.6 Å². The molecule has 0 aromatic heterocycles. The number of hydrogen-bond donors (Lipinski definition) is 0. The van der Waals surface area contributed by atoms with E-state index in [2.05, 4.69) is 80.7 Å². The summed E-state index contributed by atoms with van der Waals surface area (Å²) in [4.78, 5) is 37.5. The number of unbranched alkanes of at least 4 members (excludes halogenated alkanes) is 12. The van der Waals surface area contributed by atoms with E-state index in [4.69, 9.17) is 18.5 Å². The lowest BCUT2D eigenvalue weighted by Gasteiger charge is -2.28. The molecule has 0 spiro atoms. The number of phosphoric acid groups is 1. The van der Waals surface area contributed by atoms with Gasteiger partial charge in [-0.1, -0.05) is 145 Å². The maximum absolute atomic E-state index is 12.7. The highest BCUT2D eigenvalue weighted by Crippen LogP contribution is 2.38. The minimum Gasteiger partial charge on any atom is -0.756 e. The van der Waals surface area contributed by atoms with Crippen LogP contribution in [-0.2, 0) is 32.7 Å². The lowest BCUT2D eigenvalue weighted by atomic mass is 10.1. The maximum Gasteiger partial charge on any atom is 0.306 e. The van der Waals surface area contributed by atoms with Crippen molar-refractivity contribution < 1.29 is 42.1 Å². The van der Waals surface area contributed by atoms with E-state index in [1.807, 2.05) is 27.2 Å². The Hall–Kier alpha value is -2.55. The fourth-order valence-electron chi connectivity index (χ4n) is 5.32. The average Bonchev–Trinajstić information content (AvgIpc) is 3.15. The molecule has 0 radical (unpaired) electrons. The van der Waals surface area contributed by atoms with Crippen molar-refractivity contribution in [3.8, 4) is 0 Å². The molecule has 9 nitrogen and oxygen atoms in total. The second-order valence-electron chi connectivity index (χ2n) is 15.3. The number of quaternary nitrogens is 1. The molecule has 0 bridgehead atoms. The minimum atomic E-state index is -4.64. The van der Waals surface area contributed by atoms with Crippen LogP contribution >= 0.6 is 7.82 Å². The van der Waals surface area contributed by atoms with Gasteiger partial charge in [-0.25, -0.2) is 0 Å². The summed E-state index contributed by atoms with van der Waals surface area (Å²) in [5.41, 5.74) is 0. The molecule has 0 aliphatic rings. The van der Waals surface area contributed by atoms with Gasteiger partial charge in [0, 0.05) is 12.8 Å². The van der Waals surface area contributed by atoms with E-state index in [0.717, 1.165) is 57.8 Å². The van der Waals surface area contributed by atoms with Crippen LogP contribution in [0.5, 0.6) is 0 Å². The number of phosphoric ester groups is 1. The lowest BCUT2D eigenvalue weighted by molar-refractivity contribution is -0.870. The van der Waals surface area contributed by atoms with Gasteiger partial charge in [0.25, 0.3) is 7.82 Å². The van der Waals surface area contributed by atoms with Crippen LogP contribution in [0.25, 0.3) is 0 Å². The standard InChI is InChI=1S/C46H80NO8P/c1-6-8-10-12-14-16-18-20-22-23-25-26-28-30-32-34-36-38-45(48)52-42-44(43-54-56(50,51)53-41-40-47(3,4)5)55-46(49)39-37-35-33-31-29-27-24-21-19-17-15-13-11-9-7-2/h8,10,13-16,20,22,25-26,30,32,44H,6-7,9,11-12,17-19,21,23-24,27-29,31,33-43H2,1-5H3/b10-8+,15-13+,16-14+,22-20+,26-25+,32-30+/t44-/m1/s1. The number of carbonyl (C=O) groups excluding carboxylic acids is 2. The smallest absolute Gasteiger partial charge is 0.306 e. The van der Waals surface area contributed by atoms with Crippen molar-refractivity contribution in [2.24, 2.45) is 0 Å². The van der Waals surface area contributed by atoms with Crippen LogP contribution in [0.2, 0.25) is 0 Å². The Balaban J connectivity index is 4.47. The number of esters is 2. The summed E-state index contributed by atoms with van der Waals surface area (Å²) in [5.74, 6) is -0.911. The van der Waals surface area contributed by atoms with Crippen LogP contribution in [0.4, 0.5) is 0 Å². The molecule has 0 saturated heterocycles. The van der Waals surface area contributed by atoms with Crippen molar-refractivity contribution in [1.29, 1.82) is 0 Å². The lowest BCUT2D eigenvalue weighted by Crippen LogP contribution is -2.37. The summed E-state index contributed by atoms with van der Waals surface area (Å²) in [5, 5.41) is 0. The highest BCUT2D eigenvalue weighted by atomic mass is 31.2. The first-order chi connectivity index (χ1) is 27.0. The van der Waals surface area contributed by atoms with Crippen molar-refractivity contribution in [3.63, 3.8) is 0 Å². The number of carbonyl (C=O) groups is 2. The van der Waals surface area contributed by atoms with E-state index in [-0.39, 0.29) is 26.1 Å². The zero-order chi connectivity index (χ0) is 41.4. The first-order valence-electron chi connectivity index (χ1n) is 21.6. The molecule has 0 rings (SSSR count). The Morgan fingerprint density at radius 2 is 1.04 bits per heavy atom. The van der Waals surface area contributed by atoms with Crippen molar-refractivity contribution in [1.82, 2.24) is 0 Å². The Morgan fingerprint density at radius 3 is 1.59 bits per heavy atom. The number of hydrogen-bond acceptors (Lipinski definition) is 8. The topological polar surface area (TPSA) is 111 Å². The van der Waals surface area contributed by atoms with E-state index in [1.54, 1.807) is 0 Å². The minimum absolute atomic E-state index is 0.0433. The van der Waals surface area contributed by atoms with E-state index >= 15 is 0 Å². The quantitative estimate of drug-likeness (QED) is 0.0199. The first-order valence-corrected chi connectivity index (χ1v) is 23.1. The van der Waals surface area contributed by atoms with Gasteiger partial charge < -0.3 is 27.9 Å². The number of allylic oxidation sites excluding steroid dienone is 12. The van der Waals surface area contributed by atoms with Gasteiger partial charge in [-0.15, -0.1) is 0 Å². The van der Waals surface area contributed by atoms with Gasteiger partial charge in [-0.3, -0.25) is 14.2 Å². The van der Waals surface area contributed by atoms with Crippen LogP contribution in [0.3, 0.4) is 0 Å². The van der Waals surface area contributed by atoms with Crippen molar-refractivity contribution in [2.45, 2.75) is 161 Å². The Kier molecular flexibility index (Phi) is 36.3. The molecule has 0 aliphatic carbocycles. The van der Waals surface area contributed by atoms with Gasteiger partial charge in [0.1, 0.15) is 19.8 Å². The third kappa shape index (κ3) is 41.1. The molecule has 0 heterocycles. The molecule has 0 saturated carbocycles. The maximum atomic E-state index is 12.7. The van der Waals surface area contributed by atoms with Gasteiger partial charge in [0.2, 0.25) is 0 Å². The van der Waals surface area contributed by atoms with Crippen LogP contribution in [0.1, 0.15) is 155 Å². The zero-order valence-corrected chi connectivity index (χ0v) is 36.9. The molecule has 322 valence electrons. The summed E-state index contributed by atoms with van der Waals surface area (Å²) in [7, 11) is 1.12. The SMILES string of the molecule is CC/C=C/C/C=C/C/C=C/C/C=C/C/C=C/CCCC(=O)OC[C@H](COP(=O)([O-])OCC[N+](C)(C)C)OC(=O)CCCCCCCCCCC/C=C/CCCC. The molecule has 0 amide bonds. The van der Waals surface area contributed by atoms with Crippen molar-refractivity contribution >= 4 is 19.8 Å². The molecular formula is C46H80NO8P. The fraction of sp³-hybridized carbons (Fsp3) is 0.696. The highest BCUT2D eigenvalue weighted by Gasteiger charge is 2.21. The van der Waals surface area contributed by atoms with E-state index in [1.165, 1.54) is 57.8 Å². The molecular weight excluding hydrogens is 725 g/mol. The summed E-state index contributed by atoms with van der Waals surface area (Å²) in [6.07, 6.45) is 46.5. The predicted molar refractivity (Wildman–Crippen MR) is 231 cm³/mol. The van der Waals surface area contributed by atoms with Crippen LogP contribution in [0, 0.1) is 0 Å². The largest absolute Gasteiger partial charge is 0.756 e. The summed E-state index contributed by atoms with van der Waals surface area (Å²) >= 11 is 0. The van der Waals surface area contributed by atoms with E-state index < -0.39 is 32.5 Å². The monoisotopic (exact) mass is 806 g/mol. The molecule has 0 aromatic carbocycles. The second-order valence-corrected chi connectivity index (χ2v) is 16.7. The van der Waals surface area contributed by atoms with Crippen LogP contribution in [0.15, 0.2) is 72.9 Å². The van der Waals surface area contributed by atoms with Crippen molar-refractivity contribution in [2.75, 3.05) is 47.5 Å². The number of likely N-dealkylation sites (N-methyl/N-ethyl adjacent to an activating group) is 1. The Morgan fingerprint density at radius 1 is 0.571 bits per heavy atom. The van der Waals surface area contributed by atoms with Gasteiger partial charge >= 0.3 is 11.9 Å². The van der Waals surface area contributed by atoms with Gasteiger partial charge in [0.15, 0.2) is 6.10 Å². The Bertz CT molecular complexity index is 1180. The molecule has 0 N–H and O–H groups in total. The first kappa shape index (κ1) is 53.5. The molecule has 56 heavy (non-hydrogen) atoms. The number of rotatable bonds is 38. The fourth-order valence-corrected chi connectivity index (χ4v) is 6.05. The normalized spacial score (nSPS) is 14.3. The Labute approximate surface area is 342 Å². The van der Waals surface area contributed by atoms with Crippen LogP contribution in [-0.4, -0.2) is 70.0 Å². The van der Waals surface area contributed by atoms with Crippen molar-refractivity contribution in [3.05, 3.63) is 72.9 Å². The molecule has 2 atom stereocenters. The zero-order valence-electron chi connectivity index (χ0n) is 36.1. The van der Waals surface area contributed by atoms with E-state index in [9.17, 15) is 19.0 Å². The van der Waals surface area contributed by atoms with Gasteiger partial charge in [0.05, 0.1) is 27.7 Å². The van der Waals surface area contributed by atoms with Gasteiger partial charge in [-0.2, -0.15) is 0 Å². The predicted octanol–water partition coefficient (Wildman–Crippen LogP) is 11.6. The summed E-state index contributed by atoms with van der Waals surface area (Å²) in [6, 6.07) is 0. The summed E-state index contributed by atoms with van der Waals surface area (Å²) in [6.45, 7) is 4.00. The molecule has 0 fully saturated rings. The van der Waals surface area contributed by atoms with Crippen LogP contribution < -0.4 is 4.89 Å². The highest BCUT2D eigenvalue weighted by molar-refractivity contribution is 7.45. The number of nitrogens with zero attached hydrogens (tertiary/aromatic N) is 1.